The number of aryl methyl sites for hydroxylation is 2. The number of hydrogen-bond donors (Lipinski definition) is 2. The Hall–Kier alpha value is -3.28. The summed E-state index contributed by atoms with van der Waals surface area (Å²) in [5.41, 5.74) is 3.83. The van der Waals surface area contributed by atoms with Crippen LogP contribution in [-0.2, 0) is 0 Å². The number of hydrogen-bond acceptors (Lipinski definition) is 4. The fourth-order valence-electron chi connectivity index (χ4n) is 2.74. The molecular weight excluding hydrogens is 320 g/mol. The van der Waals surface area contributed by atoms with Crippen LogP contribution < -0.4 is 10.6 Å². The van der Waals surface area contributed by atoms with Crippen molar-refractivity contribution in [1.29, 1.82) is 0 Å². The maximum Gasteiger partial charge on any atom is 0.291 e. The summed E-state index contributed by atoms with van der Waals surface area (Å²) >= 11 is 0. The maximum atomic E-state index is 12.3. The van der Waals surface area contributed by atoms with E-state index in [-0.39, 0.29) is 23.3 Å². The summed E-state index contributed by atoms with van der Waals surface area (Å²) < 4.78 is 10.2. The van der Waals surface area contributed by atoms with E-state index in [9.17, 15) is 9.59 Å². The number of anilines is 2. The summed E-state index contributed by atoms with van der Waals surface area (Å²) in [6, 6.07) is 8.39. The lowest BCUT2D eigenvalue weighted by atomic mass is 10.0. The molecule has 0 fully saturated rings. The van der Waals surface area contributed by atoms with E-state index >= 15 is 0 Å². The highest BCUT2D eigenvalue weighted by Gasteiger charge is 2.18. The van der Waals surface area contributed by atoms with E-state index in [0.29, 0.717) is 11.4 Å². The molecule has 0 aliphatic rings. The van der Waals surface area contributed by atoms with Crippen molar-refractivity contribution < 1.29 is 18.4 Å². The van der Waals surface area contributed by atoms with Crippen LogP contribution >= 0.6 is 0 Å². The van der Waals surface area contributed by atoms with Gasteiger partial charge in [0.2, 0.25) is 0 Å². The number of carbonyl (C=O) groups is 2. The molecule has 6 nitrogen and oxygen atoms in total. The Bertz CT molecular complexity index is 837. The number of carbonyl (C=O) groups excluding carboxylic acids is 2. The predicted octanol–water partition coefficient (Wildman–Crippen LogP) is 4.30. The quantitative estimate of drug-likeness (QED) is 0.742. The number of amides is 2. The molecule has 3 aromatic rings. The summed E-state index contributed by atoms with van der Waals surface area (Å²) in [7, 11) is 0. The summed E-state index contributed by atoms with van der Waals surface area (Å²) in [5.74, 6) is -0.243. The molecule has 128 valence electrons. The number of nitrogens with one attached hydrogen (secondary N) is 2. The van der Waals surface area contributed by atoms with Gasteiger partial charge in [-0.1, -0.05) is 6.07 Å². The molecule has 2 N–H and O–H groups in total. The fraction of sp³-hybridized carbons (Fsp3) is 0.158. The molecular formula is C19H18N2O4. The molecule has 0 saturated heterocycles. The minimum atomic E-state index is -0.344. The van der Waals surface area contributed by atoms with Crippen LogP contribution in [-0.4, -0.2) is 11.8 Å². The zero-order valence-electron chi connectivity index (χ0n) is 14.2. The van der Waals surface area contributed by atoms with Crippen LogP contribution in [0.2, 0.25) is 0 Å². The largest absolute Gasteiger partial charge is 0.459 e. The van der Waals surface area contributed by atoms with Crippen molar-refractivity contribution in [3.63, 3.8) is 0 Å². The first-order valence-corrected chi connectivity index (χ1v) is 7.78. The average molecular weight is 338 g/mol. The zero-order chi connectivity index (χ0) is 18.0. The molecule has 6 heteroatoms. The van der Waals surface area contributed by atoms with Gasteiger partial charge in [0.1, 0.15) is 0 Å². The topological polar surface area (TPSA) is 84.5 Å². The number of rotatable bonds is 4. The molecule has 0 aliphatic carbocycles. The third-order valence-corrected chi connectivity index (χ3v) is 3.94. The van der Waals surface area contributed by atoms with Gasteiger partial charge in [0.15, 0.2) is 11.5 Å². The summed E-state index contributed by atoms with van der Waals surface area (Å²) in [4.78, 5) is 24.6. The van der Waals surface area contributed by atoms with Crippen molar-refractivity contribution in [2.45, 2.75) is 20.8 Å². The van der Waals surface area contributed by atoms with Crippen LogP contribution in [0.5, 0.6) is 0 Å². The first kappa shape index (κ1) is 16.6. The van der Waals surface area contributed by atoms with Gasteiger partial charge in [0, 0.05) is 11.4 Å². The van der Waals surface area contributed by atoms with Crippen LogP contribution in [0.3, 0.4) is 0 Å². The molecule has 0 aliphatic heterocycles. The van der Waals surface area contributed by atoms with Gasteiger partial charge >= 0.3 is 0 Å². The second-order valence-electron chi connectivity index (χ2n) is 5.75. The van der Waals surface area contributed by atoms with E-state index < -0.39 is 0 Å². The molecule has 2 amide bonds. The third kappa shape index (κ3) is 3.33. The van der Waals surface area contributed by atoms with Crippen LogP contribution in [0.15, 0.2) is 51.7 Å². The minimum absolute atomic E-state index is 0.223. The van der Waals surface area contributed by atoms with Crippen molar-refractivity contribution in [1.82, 2.24) is 0 Å². The molecule has 2 aromatic heterocycles. The van der Waals surface area contributed by atoms with E-state index in [1.807, 2.05) is 26.8 Å². The molecule has 25 heavy (non-hydrogen) atoms. The molecule has 3 rings (SSSR count). The zero-order valence-corrected chi connectivity index (χ0v) is 14.2. The van der Waals surface area contributed by atoms with Gasteiger partial charge in [-0.25, -0.2) is 0 Å². The van der Waals surface area contributed by atoms with Gasteiger partial charge in [-0.3, -0.25) is 9.59 Å². The molecule has 0 radical (unpaired) electrons. The van der Waals surface area contributed by atoms with Crippen molar-refractivity contribution in [2.24, 2.45) is 0 Å². The van der Waals surface area contributed by atoms with Crippen LogP contribution in [0.1, 0.15) is 37.8 Å². The first-order chi connectivity index (χ1) is 12.0. The minimum Gasteiger partial charge on any atom is -0.459 e. The van der Waals surface area contributed by atoms with E-state index in [1.165, 1.54) is 12.5 Å². The van der Waals surface area contributed by atoms with Gasteiger partial charge in [0.25, 0.3) is 11.8 Å². The van der Waals surface area contributed by atoms with Crippen LogP contribution in [0.4, 0.5) is 11.4 Å². The Labute approximate surface area is 144 Å². The molecule has 0 saturated carbocycles. The van der Waals surface area contributed by atoms with Gasteiger partial charge < -0.3 is 19.5 Å². The molecule has 0 spiro atoms. The van der Waals surface area contributed by atoms with Gasteiger partial charge in [-0.05, 0) is 61.7 Å². The van der Waals surface area contributed by atoms with Gasteiger partial charge in [-0.2, -0.15) is 0 Å². The highest BCUT2D eigenvalue weighted by atomic mass is 16.3. The normalized spacial score (nSPS) is 10.5. The SMILES string of the molecule is Cc1cc(C)c(NC(=O)c2ccco2)c(C)c1NC(=O)c1ccco1. The van der Waals surface area contributed by atoms with Gasteiger partial charge in [-0.15, -0.1) is 0 Å². The highest BCUT2D eigenvalue weighted by Crippen LogP contribution is 2.31. The van der Waals surface area contributed by atoms with Gasteiger partial charge in [0.05, 0.1) is 12.5 Å². The highest BCUT2D eigenvalue weighted by molar-refractivity contribution is 6.06. The Morgan fingerprint density at radius 1 is 0.800 bits per heavy atom. The molecule has 0 unspecified atom stereocenters. The van der Waals surface area contributed by atoms with Crippen molar-refractivity contribution in [3.05, 3.63) is 71.1 Å². The van der Waals surface area contributed by atoms with E-state index in [4.69, 9.17) is 8.83 Å². The number of benzene rings is 1. The lowest BCUT2D eigenvalue weighted by Gasteiger charge is -2.18. The van der Waals surface area contributed by atoms with E-state index in [2.05, 4.69) is 10.6 Å². The molecule has 1 aromatic carbocycles. The Morgan fingerprint density at radius 2 is 1.24 bits per heavy atom. The second kappa shape index (κ2) is 6.68. The Kier molecular flexibility index (Phi) is 4.43. The lowest BCUT2D eigenvalue weighted by Crippen LogP contribution is -2.17. The molecule has 0 atom stereocenters. The fourth-order valence-corrected chi connectivity index (χ4v) is 2.74. The predicted molar refractivity (Wildman–Crippen MR) is 94.0 cm³/mol. The molecule has 0 bridgehead atoms. The molecule has 2 heterocycles. The van der Waals surface area contributed by atoms with Crippen molar-refractivity contribution in [3.8, 4) is 0 Å². The second-order valence-corrected chi connectivity index (χ2v) is 5.75. The first-order valence-electron chi connectivity index (χ1n) is 7.78. The summed E-state index contributed by atoms with van der Waals surface area (Å²) in [6.07, 6.45) is 2.89. The van der Waals surface area contributed by atoms with Crippen LogP contribution in [0.25, 0.3) is 0 Å². The smallest absolute Gasteiger partial charge is 0.291 e. The average Bonchev–Trinajstić information content (AvgIpc) is 3.28. The van der Waals surface area contributed by atoms with E-state index in [1.54, 1.807) is 24.3 Å². The Morgan fingerprint density at radius 3 is 1.60 bits per heavy atom. The van der Waals surface area contributed by atoms with Crippen LogP contribution in [0, 0.1) is 20.8 Å². The van der Waals surface area contributed by atoms with Crippen molar-refractivity contribution >= 4 is 23.2 Å². The lowest BCUT2D eigenvalue weighted by molar-refractivity contribution is 0.0990. The van der Waals surface area contributed by atoms with E-state index in [0.717, 1.165) is 16.7 Å². The summed E-state index contributed by atoms with van der Waals surface area (Å²) in [6.45, 7) is 5.64. The summed E-state index contributed by atoms with van der Waals surface area (Å²) in [5, 5.41) is 5.70. The standard InChI is InChI=1S/C19H18N2O4/c1-11-10-12(2)17(21-19(23)15-7-5-9-25-15)13(3)16(11)20-18(22)14-6-4-8-24-14/h4-10H,1-3H3,(H,20,22)(H,21,23). The maximum absolute atomic E-state index is 12.3. The van der Waals surface area contributed by atoms with Crippen molar-refractivity contribution in [2.75, 3.05) is 10.6 Å². The monoisotopic (exact) mass is 338 g/mol. The third-order valence-electron chi connectivity index (χ3n) is 3.94. The number of furan rings is 2. The Balaban J connectivity index is 1.92.